The van der Waals surface area contributed by atoms with Gasteiger partial charge in [-0.25, -0.2) is 9.37 Å². The van der Waals surface area contributed by atoms with Crippen LogP contribution in [-0.2, 0) is 22.6 Å². The summed E-state index contributed by atoms with van der Waals surface area (Å²) < 4.78 is 24.1. The van der Waals surface area contributed by atoms with Crippen molar-refractivity contribution in [3.63, 3.8) is 0 Å². The number of pyridine rings is 1. The van der Waals surface area contributed by atoms with Gasteiger partial charge in [-0.3, -0.25) is 14.6 Å². The lowest BCUT2D eigenvalue weighted by Gasteiger charge is -2.16. The maximum atomic E-state index is 15.1. The molecule has 2 aromatic carbocycles. The number of para-hydroxylation sites is 1. The van der Waals surface area contributed by atoms with Crippen molar-refractivity contribution in [1.29, 1.82) is 0 Å². The van der Waals surface area contributed by atoms with Gasteiger partial charge in [0.2, 0.25) is 5.91 Å². The molecule has 0 radical (unpaired) electrons. The summed E-state index contributed by atoms with van der Waals surface area (Å²) in [6, 6.07) is 17.3. The average molecular weight is 612 g/mol. The zero-order valence-corrected chi connectivity index (χ0v) is 25.4. The third-order valence-electron chi connectivity index (χ3n) is 7.83. The highest BCUT2D eigenvalue weighted by Gasteiger charge is 2.18. The molecular formula is C34H34FN5O3S. The molecule has 0 aliphatic carbocycles. The zero-order chi connectivity index (χ0) is 30.5. The molecule has 0 unspecified atom stereocenters. The van der Waals surface area contributed by atoms with Gasteiger partial charge in [0, 0.05) is 44.2 Å². The van der Waals surface area contributed by atoms with E-state index in [0.717, 1.165) is 40.3 Å². The number of hydrogen-bond donors (Lipinski definition) is 0. The first-order valence-corrected chi connectivity index (χ1v) is 15.7. The Kier molecular flexibility index (Phi) is 9.09. The smallest absolute Gasteiger partial charge is 0.234 e. The first-order chi connectivity index (χ1) is 21.4. The molecule has 4 heterocycles. The van der Waals surface area contributed by atoms with Gasteiger partial charge in [-0.1, -0.05) is 24.3 Å². The van der Waals surface area contributed by atoms with Crippen LogP contribution in [0.25, 0.3) is 20.8 Å². The number of Topliss-reactive ketones (excluding diaryl/α,β-unsaturated/α-hetero) is 1. The second-order valence-corrected chi connectivity index (χ2v) is 12.1. The van der Waals surface area contributed by atoms with E-state index in [-0.39, 0.29) is 30.3 Å². The molecule has 44 heavy (non-hydrogen) atoms. The van der Waals surface area contributed by atoms with Crippen molar-refractivity contribution in [3.05, 3.63) is 90.8 Å². The highest BCUT2D eigenvalue weighted by Crippen LogP contribution is 2.39. The third-order valence-corrected chi connectivity index (χ3v) is 9.00. The van der Waals surface area contributed by atoms with Gasteiger partial charge < -0.3 is 19.1 Å². The number of fused-ring (bicyclic) bond motifs is 1. The van der Waals surface area contributed by atoms with Gasteiger partial charge >= 0.3 is 0 Å². The van der Waals surface area contributed by atoms with Crippen molar-refractivity contribution in [3.8, 4) is 22.1 Å². The minimum absolute atomic E-state index is 0.0471. The fourth-order valence-electron chi connectivity index (χ4n) is 5.44. The average Bonchev–Trinajstić information content (AvgIpc) is 3.80. The number of imidazole rings is 1. The Morgan fingerprint density at radius 2 is 1.82 bits per heavy atom. The quantitative estimate of drug-likeness (QED) is 0.145. The molecule has 6 rings (SSSR count). The molecule has 10 heteroatoms. The molecule has 8 nitrogen and oxygen atoms in total. The maximum absolute atomic E-state index is 15.1. The van der Waals surface area contributed by atoms with Gasteiger partial charge in [-0.05, 0) is 74.8 Å². The van der Waals surface area contributed by atoms with Gasteiger partial charge in [0.05, 0.1) is 33.5 Å². The number of nitrogens with zero attached hydrogens (tertiary/aromatic N) is 5. The van der Waals surface area contributed by atoms with Crippen molar-refractivity contribution in [2.45, 2.75) is 38.6 Å². The standard InChI is InChI=1S/C34H34FN5O3S/c1-38(25-8-3-2-4-9-25)33(42)20-26(41)18-24-10-11-30(27(35)19-24)43-31-12-13-36-28-21-32(44-34(28)31)29-22-40(23-37-29)17-7-16-39-14-5-6-15-39/h2-4,8-13,19,21-23H,5-7,14-18,20H2,1H3. The lowest BCUT2D eigenvalue weighted by Crippen LogP contribution is -2.28. The number of aromatic nitrogens is 3. The molecule has 0 bridgehead atoms. The minimum atomic E-state index is -0.586. The van der Waals surface area contributed by atoms with Gasteiger partial charge in [0.1, 0.15) is 11.5 Å². The van der Waals surface area contributed by atoms with Crippen LogP contribution in [0.1, 0.15) is 31.2 Å². The molecule has 5 aromatic rings. The van der Waals surface area contributed by atoms with Crippen molar-refractivity contribution >= 4 is 38.9 Å². The molecule has 1 amide bonds. The predicted molar refractivity (Wildman–Crippen MR) is 171 cm³/mol. The number of carbonyl (C=O) groups excluding carboxylic acids is 2. The fourth-order valence-corrected chi connectivity index (χ4v) is 6.47. The van der Waals surface area contributed by atoms with E-state index < -0.39 is 5.82 Å². The molecular weight excluding hydrogens is 577 g/mol. The Morgan fingerprint density at radius 1 is 1.00 bits per heavy atom. The number of aryl methyl sites for hydroxylation is 1. The molecule has 226 valence electrons. The Balaban J connectivity index is 1.08. The van der Waals surface area contributed by atoms with Crippen LogP contribution in [0.5, 0.6) is 11.5 Å². The van der Waals surface area contributed by atoms with Crippen LogP contribution >= 0.6 is 11.3 Å². The molecule has 1 aliphatic rings. The molecule has 1 fully saturated rings. The van der Waals surface area contributed by atoms with E-state index >= 15 is 4.39 Å². The number of thiophene rings is 1. The molecule has 1 saturated heterocycles. The number of benzene rings is 2. The molecule has 0 N–H and O–H groups in total. The largest absolute Gasteiger partial charge is 0.453 e. The number of likely N-dealkylation sites (tertiary alicyclic amines) is 1. The number of anilines is 1. The molecule has 0 saturated carbocycles. The summed E-state index contributed by atoms with van der Waals surface area (Å²) in [5.41, 5.74) is 2.80. The van der Waals surface area contributed by atoms with E-state index in [1.54, 1.807) is 37.5 Å². The van der Waals surface area contributed by atoms with E-state index in [4.69, 9.17) is 4.74 Å². The zero-order valence-electron chi connectivity index (χ0n) is 24.6. The Bertz CT molecular complexity index is 1760. The number of amides is 1. The van der Waals surface area contributed by atoms with Crippen LogP contribution in [0.15, 0.2) is 79.4 Å². The second-order valence-electron chi connectivity index (χ2n) is 11.1. The predicted octanol–water partition coefficient (Wildman–Crippen LogP) is 6.74. The first kappa shape index (κ1) is 29.7. The van der Waals surface area contributed by atoms with Crippen LogP contribution < -0.4 is 9.64 Å². The van der Waals surface area contributed by atoms with Crippen LogP contribution in [0.4, 0.5) is 10.1 Å². The Morgan fingerprint density at radius 3 is 2.61 bits per heavy atom. The maximum Gasteiger partial charge on any atom is 0.234 e. The minimum Gasteiger partial charge on any atom is -0.453 e. The van der Waals surface area contributed by atoms with Crippen molar-refractivity contribution in [1.82, 2.24) is 19.4 Å². The summed E-state index contributed by atoms with van der Waals surface area (Å²) in [5, 5.41) is 0. The second kappa shape index (κ2) is 13.5. The monoisotopic (exact) mass is 611 g/mol. The van der Waals surface area contributed by atoms with Crippen LogP contribution in [0.3, 0.4) is 0 Å². The summed E-state index contributed by atoms with van der Waals surface area (Å²) in [4.78, 5) is 39.2. The number of ether oxygens (including phenoxy) is 1. The topological polar surface area (TPSA) is 80.6 Å². The van der Waals surface area contributed by atoms with E-state index in [2.05, 4.69) is 25.6 Å². The number of rotatable bonds is 12. The van der Waals surface area contributed by atoms with Crippen molar-refractivity contribution in [2.75, 3.05) is 31.6 Å². The summed E-state index contributed by atoms with van der Waals surface area (Å²) in [6.07, 6.45) is 8.94. The normalized spacial score (nSPS) is 13.4. The summed E-state index contributed by atoms with van der Waals surface area (Å²) in [6.45, 7) is 4.44. The van der Waals surface area contributed by atoms with E-state index in [1.807, 2.05) is 30.6 Å². The van der Waals surface area contributed by atoms with E-state index in [0.29, 0.717) is 17.0 Å². The Labute approximate surface area is 259 Å². The fraction of sp³-hybridized carbons (Fsp3) is 0.294. The van der Waals surface area contributed by atoms with E-state index in [1.165, 1.54) is 54.3 Å². The highest BCUT2D eigenvalue weighted by atomic mass is 32.1. The summed E-state index contributed by atoms with van der Waals surface area (Å²) in [5.74, 6) is -0.651. The Hall–Kier alpha value is -4.41. The summed E-state index contributed by atoms with van der Waals surface area (Å²) in [7, 11) is 1.63. The van der Waals surface area contributed by atoms with Crippen molar-refractivity contribution < 1.29 is 18.7 Å². The molecule has 0 spiro atoms. The lowest BCUT2D eigenvalue weighted by molar-refractivity contribution is -0.126. The van der Waals surface area contributed by atoms with Gasteiger partial charge in [0.15, 0.2) is 11.6 Å². The first-order valence-electron chi connectivity index (χ1n) is 14.9. The number of halogens is 1. The molecule has 1 aliphatic heterocycles. The number of hydrogen-bond acceptors (Lipinski definition) is 7. The van der Waals surface area contributed by atoms with E-state index in [9.17, 15) is 9.59 Å². The van der Waals surface area contributed by atoms with Crippen molar-refractivity contribution in [2.24, 2.45) is 0 Å². The van der Waals surface area contributed by atoms with Crippen LogP contribution in [-0.4, -0.2) is 57.8 Å². The highest BCUT2D eigenvalue weighted by molar-refractivity contribution is 7.22. The number of ketones is 1. The molecule has 0 atom stereocenters. The van der Waals surface area contributed by atoms with Crippen LogP contribution in [0.2, 0.25) is 0 Å². The van der Waals surface area contributed by atoms with Gasteiger partial charge in [0.25, 0.3) is 0 Å². The van der Waals surface area contributed by atoms with Crippen LogP contribution in [0, 0.1) is 5.82 Å². The number of carbonyl (C=O) groups is 2. The SMILES string of the molecule is CN(C(=O)CC(=O)Cc1ccc(Oc2ccnc3cc(-c4cn(CCCN5CCCC5)cn4)sc23)c(F)c1)c1ccccc1. The lowest BCUT2D eigenvalue weighted by atomic mass is 10.1. The van der Waals surface area contributed by atoms with Gasteiger partial charge in [-0.2, -0.15) is 0 Å². The summed E-state index contributed by atoms with van der Waals surface area (Å²) >= 11 is 1.50. The third kappa shape index (κ3) is 7.03. The van der Waals surface area contributed by atoms with Gasteiger partial charge in [-0.15, -0.1) is 11.3 Å². The molecule has 3 aromatic heterocycles.